The van der Waals surface area contributed by atoms with Gasteiger partial charge in [-0.05, 0) is 6.92 Å². The molecule has 0 aliphatic rings. The van der Waals surface area contributed by atoms with E-state index in [1.165, 1.54) is 17.9 Å². The van der Waals surface area contributed by atoms with E-state index in [2.05, 4.69) is 5.10 Å². The first-order chi connectivity index (χ1) is 5.40. The van der Waals surface area contributed by atoms with E-state index < -0.39 is 5.51 Å². The summed E-state index contributed by atoms with van der Waals surface area (Å²) in [5.41, 5.74) is -3.70. The molecule has 1 aromatic rings. The normalized spacial score (nSPS) is 12.1. The topological polar surface area (TPSA) is 17.8 Å². The van der Waals surface area contributed by atoms with Crippen LogP contribution in [0, 0.1) is 6.92 Å². The lowest BCUT2D eigenvalue weighted by Gasteiger charge is -2.05. The molecule has 6 heteroatoms. The van der Waals surface area contributed by atoms with Gasteiger partial charge in [0.05, 0.1) is 6.20 Å². The summed E-state index contributed by atoms with van der Waals surface area (Å²) >= 11 is -0.139. The Bertz CT molecular complexity index is 259. The molecule has 0 radical (unpaired) electrons. The maximum Gasteiger partial charge on any atom is 0.447 e. The lowest BCUT2D eigenvalue weighted by atomic mass is 10.4. The number of aromatic nitrogens is 2. The molecule has 0 aromatic carbocycles. The van der Waals surface area contributed by atoms with Crippen molar-refractivity contribution in [1.29, 1.82) is 0 Å². The lowest BCUT2D eigenvalue weighted by Crippen LogP contribution is -2.03. The first kappa shape index (κ1) is 9.44. The van der Waals surface area contributed by atoms with E-state index in [1.54, 1.807) is 6.92 Å². The average molecular weight is 196 g/mol. The fourth-order valence-electron chi connectivity index (χ4n) is 0.792. The molecule has 0 amide bonds. The predicted molar refractivity (Wildman–Crippen MR) is 39.9 cm³/mol. The van der Waals surface area contributed by atoms with Gasteiger partial charge in [0, 0.05) is 24.4 Å². The zero-order valence-electron chi connectivity index (χ0n) is 6.51. The summed E-state index contributed by atoms with van der Waals surface area (Å²) in [6.07, 6.45) is 1.41. The van der Waals surface area contributed by atoms with Crippen molar-refractivity contribution in [2.45, 2.75) is 17.5 Å². The molecule has 1 aromatic heterocycles. The van der Waals surface area contributed by atoms with Crippen LogP contribution in [0.25, 0.3) is 0 Å². The smallest absolute Gasteiger partial charge is 0.262 e. The second-order valence-electron chi connectivity index (χ2n) is 2.30. The van der Waals surface area contributed by atoms with Crippen LogP contribution in [0.1, 0.15) is 5.56 Å². The predicted octanol–water partition coefficient (Wildman–Crippen LogP) is 2.34. The minimum Gasteiger partial charge on any atom is -0.262 e. The third-order valence-electron chi connectivity index (χ3n) is 1.27. The minimum atomic E-state index is -4.24. The van der Waals surface area contributed by atoms with Crippen molar-refractivity contribution >= 4 is 11.8 Å². The van der Waals surface area contributed by atoms with Crippen molar-refractivity contribution in [2.24, 2.45) is 7.05 Å². The SMILES string of the molecule is Cc1cnn(C)c1SC(F)(F)F. The van der Waals surface area contributed by atoms with E-state index in [0.717, 1.165) is 0 Å². The Morgan fingerprint density at radius 3 is 2.42 bits per heavy atom. The van der Waals surface area contributed by atoms with E-state index in [1.807, 2.05) is 0 Å². The molecule has 0 saturated heterocycles. The molecule has 0 aliphatic carbocycles. The van der Waals surface area contributed by atoms with Gasteiger partial charge in [0.15, 0.2) is 0 Å². The fourth-order valence-corrected chi connectivity index (χ4v) is 1.40. The monoisotopic (exact) mass is 196 g/mol. The Kier molecular flexibility index (Phi) is 2.36. The van der Waals surface area contributed by atoms with Gasteiger partial charge in [-0.1, -0.05) is 0 Å². The number of aryl methyl sites for hydroxylation is 2. The van der Waals surface area contributed by atoms with Gasteiger partial charge in [-0.15, -0.1) is 0 Å². The summed E-state index contributed by atoms with van der Waals surface area (Å²) < 4.78 is 36.9. The number of thioether (sulfide) groups is 1. The van der Waals surface area contributed by atoms with E-state index in [0.29, 0.717) is 5.56 Å². The number of halogens is 3. The van der Waals surface area contributed by atoms with Gasteiger partial charge in [0.25, 0.3) is 0 Å². The zero-order valence-corrected chi connectivity index (χ0v) is 7.33. The highest BCUT2D eigenvalue weighted by Gasteiger charge is 2.31. The molecule has 0 aliphatic heterocycles. The van der Waals surface area contributed by atoms with Gasteiger partial charge in [-0.25, -0.2) is 0 Å². The van der Waals surface area contributed by atoms with Gasteiger partial charge in [0.1, 0.15) is 5.03 Å². The van der Waals surface area contributed by atoms with Crippen molar-refractivity contribution in [3.8, 4) is 0 Å². The van der Waals surface area contributed by atoms with Gasteiger partial charge < -0.3 is 0 Å². The van der Waals surface area contributed by atoms with Crippen molar-refractivity contribution < 1.29 is 13.2 Å². The molecule has 1 rings (SSSR count). The van der Waals surface area contributed by atoms with Gasteiger partial charge in [0.2, 0.25) is 0 Å². The van der Waals surface area contributed by atoms with Crippen LogP contribution in [-0.4, -0.2) is 15.3 Å². The zero-order chi connectivity index (χ0) is 9.35. The Morgan fingerprint density at radius 2 is 2.08 bits per heavy atom. The van der Waals surface area contributed by atoms with Crippen LogP contribution in [0.3, 0.4) is 0 Å². The minimum absolute atomic E-state index is 0.139. The molecule has 0 spiro atoms. The Labute approximate surface area is 71.8 Å². The number of hydrogen-bond donors (Lipinski definition) is 0. The Balaban J connectivity index is 2.88. The summed E-state index contributed by atoms with van der Waals surface area (Å²) in [4.78, 5) is 0. The van der Waals surface area contributed by atoms with Gasteiger partial charge in [-0.3, -0.25) is 4.68 Å². The highest BCUT2D eigenvalue weighted by Crippen LogP contribution is 2.37. The average Bonchev–Trinajstić information content (AvgIpc) is 2.16. The summed E-state index contributed by atoms with van der Waals surface area (Å²) in [6, 6.07) is 0. The molecule has 2 nitrogen and oxygen atoms in total. The van der Waals surface area contributed by atoms with Crippen LogP contribution in [0.15, 0.2) is 11.2 Å². The number of nitrogens with zero attached hydrogens (tertiary/aromatic N) is 2. The number of rotatable bonds is 1. The molecule has 0 unspecified atom stereocenters. The van der Waals surface area contributed by atoms with Crippen LogP contribution < -0.4 is 0 Å². The largest absolute Gasteiger partial charge is 0.447 e. The van der Waals surface area contributed by atoms with E-state index in [-0.39, 0.29) is 16.8 Å². The van der Waals surface area contributed by atoms with Crippen LogP contribution in [-0.2, 0) is 7.05 Å². The molecule has 0 fully saturated rings. The third kappa shape index (κ3) is 2.17. The molecule has 1 heterocycles. The summed E-state index contributed by atoms with van der Waals surface area (Å²) in [6.45, 7) is 1.60. The van der Waals surface area contributed by atoms with Gasteiger partial charge >= 0.3 is 5.51 Å². The van der Waals surface area contributed by atoms with Gasteiger partial charge in [-0.2, -0.15) is 18.3 Å². The van der Waals surface area contributed by atoms with E-state index in [4.69, 9.17) is 0 Å². The second-order valence-corrected chi connectivity index (χ2v) is 3.36. The highest BCUT2D eigenvalue weighted by atomic mass is 32.2. The van der Waals surface area contributed by atoms with Crippen molar-refractivity contribution in [3.05, 3.63) is 11.8 Å². The second kappa shape index (κ2) is 3.01. The van der Waals surface area contributed by atoms with E-state index in [9.17, 15) is 13.2 Å². The maximum atomic E-state index is 11.9. The van der Waals surface area contributed by atoms with Crippen molar-refractivity contribution in [1.82, 2.24) is 9.78 Å². The number of alkyl halides is 3. The van der Waals surface area contributed by atoms with E-state index >= 15 is 0 Å². The van der Waals surface area contributed by atoms with Crippen LogP contribution >= 0.6 is 11.8 Å². The lowest BCUT2D eigenvalue weighted by molar-refractivity contribution is -0.0331. The molecule has 0 bridgehead atoms. The van der Waals surface area contributed by atoms with Crippen LogP contribution in [0.5, 0.6) is 0 Å². The summed E-state index contributed by atoms with van der Waals surface area (Å²) in [5, 5.41) is 3.84. The standard InChI is InChI=1S/C6H7F3N2S/c1-4-3-10-11(2)5(4)12-6(7,8)9/h3H,1-2H3. The Hall–Kier alpha value is -0.650. The first-order valence-electron chi connectivity index (χ1n) is 3.14. The summed E-state index contributed by atoms with van der Waals surface area (Å²) in [7, 11) is 1.49. The third-order valence-corrected chi connectivity index (χ3v) is 2.28. The Morgan fingerprint density at radius 1 is 1.50 bits per heavy atom. The maximum absolute atomic E-state index is 11.9. The molecule has 12 heavy (non-hydrogen) atoms. The summed E-state index contributed by atoms with van der Waals surface area (Å²) in [5.74, 6) is 0. The van der Waals surface area contributed by atoms with Crippen LogP contribution in [0.2, 0.25) is 0 Å². The fraction of sp³-hybridized carbons (Fsp3) is 0.500. The highest BCUT2D eigenvalue weighted by molar-refractivity contribution is 8.00. The molecule has 0 N–H and O–H groups in total. The molecular weight excluding hydrogens is 189 g/mol. The van der Waals surface area contributed by atoms with Crippen molar-refractivity contribution in [3.63, 3.8) is 0 Å². The molecule has 0 saturated carbocycles. The molecule has 0 atom stereocenters. The van der Waals surface area contributed by atoms with Crippen molar-refractivity contribution in [2.75, 3.05) is 0 Å². The molecular formula is C6H7F3N2S. The molecule has 68 valence electrons. The number of hydrogen-bond acceptors (Lipinski definition) is 2. The quantitative estimate of drug-likeness (QED) is 0.641. The van der Waals surface area contributed by atoms with Crippen LogP contribution in [0.4, 0.5) is 13.2 Å². The first-order valence-corrected chi connectivity index (χ1v) is 3.96.